The Morgan fingerprint density at radius 1 is 1.50 bits per heavy atom. The number of ether oxygens (including phenoxy) is 1. The van der Waals surface area contributed by atoms with Crippen LogP contribution in [0.4, 0.5) is 0 Å². The molecule has 2 rings (SSSR count). The molecular weight excluding hydrogens is 220 g/mol. The molecule has 0 aliphatic carbocycles. The predicted molar refractivity (Wildman–Crippen MR) is 67.0 cm³/mol. The predicted octanol–water partition coefficient (Wildman–Crippen LogP) is 2.24. The molecule has 1 N–H and O–H groups in total. The molecule has 0 spiro atoms. The highest BCUT2D eigenvalue weighted by Gasteiger charge is 2.38. The van der Waals surface area contributed by atoms with Crippen molar-refractivity contribution in [1.82, 2.24) is 10.3 Å². The van der Waals surface area contributed by atoms with Gasteiger partial charge in [0.15, 0.2) is 0 Å². The van der Waals surface area contributed by atoms with Gasteiger partial charge in [0.2, 0.25) is 0 Å². The summed E-state index contributed by atoms with van der Waals surface area (Å²) in [5.74, 6) is 0. The fourth-order valence-electron chi connectivity index (χ4n) is 2.25. The van der Waals surface area contributed by atoms with Gasteiger partial charge in [-0.2, -0.15) is 0 Å². The molecule has 1 atom stereocenters. The summed E-state index contributed by atoms with van der Waals surface area (Å²) in [6, 6.07) is 0. The van der Waals surface area contributed by atoms with Crippen LogP contribution in [0.3, 0.4) is 0 Å². The molecule has 3 nitrogen and oxygen atoms in total. The third-order valence-electron chi connectivity index (χ3n) is 3.17. The first kappa shape index (κ1) is 12.0. The number of nitrogens with one attached hydrogen (secondary N) is 1. The van der Waals surface area contributed by atoms with E-state index in [1.165, 1.54) is 15.6 Å². The quantitative estimate of drug-likeness (QED) is 0.876. The Morgan fingerprint density at radius 3 is 2.81 bits per heavy atom. The van der Waals surface area contributed by atoms with E-state index in [4.69, 9.17) is 9.72 Å². The Kier molecular flexibility index (Phi) is 3.62. The van der Waals surface area contributed by atoms with Crippen LogP contribution >= 0.6 is 11.3 Å². The average Bonchev–Trinajstić information content (AvgIpc) is 2.86. The fourth-order valence-corrected chi connectivity index (χ4v) is 3.43. The van der Waals surface area contributed by atoms with Gasteiger partial charge in [-0.3, -0.25) is 0 Å². The van der Waals surface area contributed by atoms with Crippen molar-refractivity contribution in [2.75, 3.05) is 19.8 Å². The van der Waals surface area contributed by atoms with E-state index in [2.05, 4.69) is 26.1 Å². The number of hydrogen-bond acceptors (Lipinski definition) is 4. The largest absolute Gasteiger partial charge is 0.379 e. The average molecular weight is 240 g/mol. The molecule has 4 heteroatoms. The van der Waals surface area contributed by atoms with Gasteiger partial charge >= 0.3 is 0 Å². The van der Waals surface area contributed by atoms with E-state index in [1.54, 1.807) is 0 Å². The van der Waals surface area contributed by atoms with Gasteiger partial charge in [-0.25, -0.2) is 4.98 Å². The highest BCUT2D eigenvalue weighted by Crippen LogP contribution is 2.34. The molecule has 16 heavy (non-hydrogen) atoms. The van der Waals surface area contributed by atoms with Crippen molar-refractivity contribution in [3.05, 3.63) is 15.6 Å². The van der Waals surface area contributed by atoms with Gasteiger partial charge in [-0.15, -0.1) is 11.3 Å². The molecule has 2 heterocycles. The van der Waals surface area contributed by atoms with Gasteiger partial charge < -0.3 is 10.1 Å². The topological polar surface area (TPSA) is 34.2 Å². The van der Waals surface area contributed by atoms with Crippen LogP contribution in [0.15, 0.2) is 0 Å². The number of rotatable bonds is 4. The summed E-state index contributed by atoms with van der Waals surface area (Å²) in [7, 11) is 0. The Bertz CT molecular complexity index is 356. The van der Waals surface area contributed by atoms with Crippen LogP contribution in [-0.4, -0.2) is 24.7 Å². The second-order valence-electron chi connectivity index (χ2n) is 4.29. The smallest absolute Gasteiger partial charge is 0.116 e. The van der Waals surface area contributed by atoms with Crippen molar-refractivity contribution < 1.29 is 4.74 Å². The monoisotopic (exact) mass is 240 g/mol. The normalized spacial score (nSPS) is 25.2. The Morgan fingerprint density at radius 2 is 2.31 bits per heavy atom. The summed E-state index contributed by atoms with van der Waals surface area (Å²) >= 11 is 1.82. The first-order valence-electron chi connectivity index (χ1n) is 6.01. The summed E-state index contributed by atoms with van der Waals surface area (Å²) in [6.07, 6.45) is 2.06. The second kappa shape index (κ2) is 4.82. The molecule has 1 fully saturated rings. The Balaban J connectivity index is 2.31. The maximum Gasteiger partial charge on any atom is 0.116 e. The summed E-state index contributed by atoms with van der Waals surface area (Å²) in [4.78, 5) is 6.13. The summed E-state index contributed by atoms with van der Waals surface area (Å²) < 4.78 is 5.55. The van der Waals surface area contributed by atoms with Crippen LogP contribution in [0, 0.1) is 6.92 Å². The second-order valence-corrected chi connectivity index (χ2v) is 5.49. The standard InChI is InChI=1S/C12H20N2OS/c1-4-10-9(3)16-11(14-10)12(13-5-2)6-7-15-8-12/h13H,4-8H2,1-3H3. The van der Waals surface area contributed by atoms with Crippen LogP contribution < -0.4 is 5.32 Å². The van der Waals surface area contributed by atoms with Crippen molar-refractivity contribution in [3.8, 4) is 0 Å². The molecule has 1 aromatic heterocycles. The van der Waals surface area contributed by atoms with Crippen molar-refractivity contribution in [2.24, 2.45) is 0 Å². The number of thiazole rings is 1. The molecule has 0 aromatic carbocycles. The first-order chi connectivity index (χ1) is 7.72. The van der Waals surface area contributed by atoms with Gasteiger partial charge in [0.05, 0.1) is 17.8 Å². The van der Waals surface area contributed by atoms with Crippen LogP contribution in [0.25, 0.3) is 0 Å². The molecule has 1 aliphatic heterocycles. The molecule has 0 saturated carbocycles. The van der Waals surface area contributed by atoms with E-state index in [1.807, 2.05) is 11.3 Å². The van der Waals surface area contributed by atoms with Gasteiger partial charge in [0.25, 0.3) is 0 Å². The van der Waals surface area contributed by atoms with Gasteiger partial charge in [-0.1, -0.05) is 13.8 Å². The van der Waals surface area contributed by atoms with E-state index in [-0.39, 0.29) is 5.54 Å². The van der Waals surface area contributed by atoms with E-state index in [0.29, 0.717) is 0 Å². The fraction of sp³-hybridized carbons (Fsp3) is 0.750. The van der Waals surface area contributed by atoms with Crippen molar-refractivity contribution >= 4 is 11.3 Å². The van der Waals surface area contributed by atoms with E-state index in [9.17, 15) is 0 Å². The summed E-state index contributed by atoms with van der Waals surface area (Å²) in [6.45, 7) is 9.03. The number of likely N-dealkylation sites (N-methyl/N-ethyl adjacent to an activating group) is 1. The highest BCUT2D eigenvalue weighted by molar-refractivity contribution is 7.11. The highest BCUT2D eigenvalue weighted by atomic mass is 32.1. The number of nitrogens with zero attached hydrogens (tertiary/aromatic N) is 1. The SMILES string of the molecule is CCNC1(c2nc(CC)c(C)s2)CCOC1. The maximum atomic E-state index is 5.55. The molecular formula is C12H20N2OS. The number of aryl methyl sites for hydroxylation is 2. The maximum absolute atomic E-state index is 5.55. The van der Waals surface area contributed by atoms with Gasteiger partial charge in [-0.05, 0) is 26.3 Å². The van der Waals surface area contributed by atoms with Crippen LogP contribution in [-0.2, 0) is 16.7 Å². The molecule has 90 valence electrons. The molecule has 1 unspecified atom stereocenters. The van der Waals surface area contributed by atoms with Gasteiger partial charge in [0, 0.05) is 11.5 Å². The van der Waals surface area contributed by atoms with Crippen molar-refractivity contribution in [2.45, 2.75) is 39.2 Å². The number of hydrogen-bond donors (Lipinski definition) is 1. The van der Waals surface area contributed by atoms with Crippen LogP contribution in [0.2, 0.25) is 0 Å². The molecule has 0 bridgehead atoms. The lowest BCUT2D eigenvalue weighted by Gasteiger charge is -2.25. The van der Waals surface area contributed by atoms with Gasteiger partial charge in [0.1, 0.15) is 5.01 Å². The Labute approximate surface area is 101 Å². The Hall–Kier alpha value is -0.450. The number of aromatic nitrogens is 1. The van der Waals surface area contributed by atoms with E-state index in [0.717, 1.165) is 32.6 Å². The van der Waals surface area contributed by atoms with Crippen LogP contribution in [0.1, 0.15) is 35.8 Å². The van der Waals surface area contributed by atoms with E-state index < -0.39 is 0 Å². The molecule has 1 aliphatic rings. The first-order valence-corrected chi connectivity index (χ1v) is 6.83. The lowest BCUT2D eigenvalue weighted by molar-refractivity contribution is 0.167. The minimum atomic E-state index is -0.0163. The lowest BCUT2D eigenvalue weighted by Crippen LogP contribution is -2.42. The molecule has 1 saturated heterocycles. The minimum Gasteiger partial charge on any atom is -0.379 e. The van der Waals surface area contributed by atoms with E-state index >= 15 is 0 Å². The zero-order valence-electron chi connectivity index (χ0n) is 10.3. The minimum absolute atomic E-state index is 0.0163. The zero-order valence-corrected chi connectivity index (χ0v) is 11.1. The lowest BCUT2D eigenvalue weighted by atomic mass is 10.00. The van der Waals surface area contributed by atoms with Crippen molar-refractivity contribution in [1.29, 1.82) is 0 Å². The van der Waals surface area contributed by atoms with Crippen molar-refractivity contribution in [3.63, 3.8) is 0 Å². The molecule has 0 radical (unpaired) electrons. The summed E-state index contributed by atoms with van der Waals surface area (Å²) in [5, 5.41) is 4.77. The molecule has 1 aromatic rings. The third-order valence-corrected chi connectivity index (χ3v) is 4.39. The zero-order chi connectivity index (χ0) is 11.6. The molecule has 0 amide bonds. The third kappa shape index (κ3) is 2.01. The summed E-state index contributed by atoms with van der Waals surface area (Å²) in [5.41, 5.74) is 1.22. The van der Waals surface area contributed by atoms with Crippen LogP contribution in [0.5, 0.6) is 0 Å².